The molecule has 0 rings (SSSR count). The lowest BCUT2D eigenvalue weighted by Crippen LogP contribution is -2.14. The molecule has 0 aliphatic rings. The molecule has 0 fully saturated rings. The van der Waals surface area contributed by atoms with E-state index >= 15 is 0 Å². The second kappa shape index (κ2) is 9.33. The highest BCUT2D eigenvalue weighted by molar-refractivity contribution is 5.11. The van der Waals surface area contributed by atoms with E-state index in [2.05, 4.69) is 38.4 Å². The Balaban J connectivity index is 3.81. The highest BCUT2D eigenvalue weighted by atomic mass is 16.6. The van der Waals surface area contributed by atoms with Gasteiger partial charge < -0.3 is 4.84 Å². The highest BCUT2D eigenvalue weighted by Crippen LogP contribution is 2.00. The van der Waals surface area contributed by atoms with Gasteiger partial charge in [-0.15, -0.1) is 0 Å². The topological polar surface area (TPSA) is 21.3 Å². The third-order valence-electron chi connectivity index (χ3n) is 1.47. The zero-order valence-corrected chi connectivity index (χ0v) is 8.97. The molecule has 0 aromatic carbocycles. The van der Waals surface area contributed by atoms with Gasteiger partial charge in [-0.1, -0.05) is 26.8 Å². The van der Waals surface area contributed by atoms with E-state index in [-0.39, 0.29) is 0 Å². The minimum Gasteiger partial charge on any atom is -0.409 e. The van der Waals surface area contributed by atoms with Crippen molar-refractivity contribution in [2.24, 2.45) is 0 Å². The van der Waals surface area contributed by atoms with Crippen LogP contribution in [0.4, 0.5) is 0 Å². The molecule has 0 aliphatic carbocycles. The Morgan fingerprint density at radius 1 is 1.23 bits per heavy atom. The number of hydrogen-bond acceptors (Lipinski definition) is 2. The van der Waals surface area contributed by atoms with Crippen LogP contribution in [0, 0.1) is 0 Å². The van der Waals surface area contributed by atoms with Gasteiger partial charge in [0.05, 0.1) is 0 Å². The van der Waals surface area contributed by atoms with Crippen LogP contribution in [0.25, 0.3) is 0 Å². The number of hydrogen-bond donors (Lipinski definition) is 1. The van der Waals surface area contributed by atoms with Crippen molar-refractivity contribution in [1.82, 2.24) is 5.48 Å². The SMILES string of the molecule is CCC=CC(=CCC)ONCCC. The fraction of sp³-hybridized carbons (Fsp3) is 0.636. The summed E-state index contributed by atoms with van der Waals surface area (Å²) >= 11 is 0. The maximum Gasteiger partial charge on any atom is 0.142 e. The fourth-order valence-electron chi connectivity index (χ4n) is 0.815. The van der Waals surface area contributed by atoms with Gasteiger partial charge in [0.25, 0.3) is 0 Å². The van der Waals surface area contributed by atoms with Gasteiger partial charge in [0.2, 0.25) is 0 Å². The Kier molecular flexibility index (Phi) is 8.78. The van der Waals surface area contributed by atoms with Crippen molar-refractivity contribution in [3.05, 3.63) is 24.0 Å². The minimum atomic E-state index is 0.890. The number of rotatable bonds is 7. The van der Waals surface area contributed by atoms with Gasteiger partial charge >= 0.3 is 0 Å². The Labute approximate surface area is 81.6 Å². The molecule has 0 unspecified atom stereocenters. The number of allylic oxidation sites excluding steroid dienone is 3. The van der Waals surface area contributed by atoms with E-state index in [0.29, 0.717) is 0 Å². The van der Waals surface area contributed by atoms with Crippen LogP contribution >= 0.6 is 0 Å². The second-order valence-corrected chi connectivity index (χ2v) is 2.82. The molecule has 1 N–H and O–H groups in total. The predicted molar refractivity (Wildman–Crippen MR) is 57.2 cm³/mol. The standard InChI is InChI=1S/C11H21NO/c1-4-7-9-11(8-5-2)13-12-10-6-3/h7-9,12H,4-6,10H2,1-3H3. The Bertz CT molecular complexity index is 161. The van der Waals surface area contributed by atoms with Crippen LogP contribution in [0.15, 0.2) is 24.0 Å². The Morgan fingerprint density at radius 2 is 2.00 bits per heavy atom. The Hall–Kier alpha value is -0.760. The first-order valence-electron chi connectivity index (χ1n) is 5.11. The summed E-state index contributed by atoms with van der Waals surface area (Å²) in [4.78, 5) is 5.35. The summed E-state index contributed by atoms with van der Waals surface area (Å²) in [6, 6.07) is 0. The third-order valence-corrected chi connectivity index (χ3v) is 1.47. The fourth-order valence-corrected chi connectivity index (χ4v) is 0.815. The lowest BCUT2D eigenvalue weighted by Gasteiger charge is -2.06. The van der Waals surface area contributed by atoms with Crippen molar-refractivity contribution in [3.63, 3.8) is 0 Å². The van der Waals surface area contributed by atoms with Gasteiger partial charge in [0.15, 0.2) is 0 Å². The van der Waals surface area contributed by atoms with Crippen molar-refractivity contribution >= 4 is 0 Å². The highest BCUT2D eigenvalue weighted by Gasteiger charge is 1.90. The molecule has 2 nitrogen and oxygen atoms in total. The van der Waals surface area contributed by atoms with Gasteiger partial charge in [0.1, 0.15) is 5.76 Å². The third kappa shape index (κ3) is 7.60. The molecule has 0 aromatic heterocycles. The maximum absolute atomic E-state index is 5.35. The molecule has 0 saturated heterocycles. The molecule has 13 heavy (non-hydrogen) atoms. The van der Waals surface area contributed by atoms with Gasteiger partial charge in [-0.3, -0.25) is 0 Å². The van der Waals surface area contributed by atoms with Crippen LogP contribution in [-0.2, 0) is 4.84 Å². The predicted octanol–water partition coefficient (Wildman–Crippen LogP) is 3.18. The lowest BCUT2D eigenvalue weighted by molar-refractivity contribution is 0.114. The molecule has 0 amide bonds. The summed E-state index contributed by atoms with van der Waals surface area (Å²) < 4.78 is 0. The summed E-state index contributed by atoms with van der Waals surface area (Å²) in [6.07, 6.45) is 9.28. The van der Waals surface area contributed by atoms with Gasteiger partial charge in [0, 0.05) is 6.54 Å². The quantitative estimate of drug-likeness (QED) is 0.283. The summed E-state index contributed by atoms with van der Waals surface area (Å²) in [7, 11) is 0. The number of nitrogens with one attached hydrogen (secondary N) is 1. The maximum atomic E-state index is 5.35. The largest absolute Gasteiger partial charge is 0.409 e. The van der Waals surface area contributed by atoms with Gasteiger partial charge in [-0.2, -0.15) is 5.48 Å². The Morgan fingerprint density at radius 3 is 2.54 bits per heavy atom. The summed E-state index contributed by atoms with van der Waals surface area (Å²) in [6.45, 7) is 7.21. The van der Waals surface area contributed by atoms with E-state index in [0.717, 1.165) is 31.6 Å². The van der Waals surface area contributed by atoms with Crippen molar-refractivity contribution in [2.45, 2.75) is 40.0 Å². The summed E-state index contributed by atoms with van der Waals surface area (Å²) in [5.74, 6) is 0.915. The molecule has 0 bridgehead atoms. The van der Waals surface area contributed by atoms with Crippen LogP contribution in [-0.4, -0.2) is 6.54 Å². The monoisotopic (exact) mass is 183 g/mol. The first kappa shape index (κ1) is 12.2. The molecule has 0 aliphatic heterocycles. The number of hydroxylamine groups is 1. The zero-order valence-electron chi connectivity index (χ0n) is 8.97. The van der Waals surface area contributed by atoms with Gasteiger partial charge in [-0.25, -0.2) is 0 Å². The molecular weight excluding hydrogens is 162 g/mol. The van der Waals surface area contributed by atoms with Crippen molar-refractivity contribution in [3.8, 4) is 0 Å². The average molecular weight is 183 g/mol. The minimum absolute atomic E-state index is 0.890. The van der Waals surface area contributed by atoms with Crippen LogP contribution < -0.4 is 5.48 Å². The van der Waals surface area contributed by atoms with Crippen LogP contribution in [0.5, 0.6) is 0 Å². The zero-order chi connectivity index (χ0) is 9.94. The molecule has 0 atom stereocenters. The smallest absolute Gasteiger partial charge is 0.142 e. The molecule has 0 radical (unpaired) electrons. The first-order chi connectivity index (χ1) is 6.35. The van der Waals surface area contributed by atoms with Crippen LogP contribution in [0.2, 0.25) is 0 Å². The molecule has 0 saturated carbocycles. The van der Waals surface area contributed by atoms with Crippen molar-refractivity contribution in [1.29, 1.82) is 0 Å². The molecule has 76 valence electrons. The first-order valence-corrected chi connectivity index (χ1v) is 5.11. The normalized spacial score (nSPS) is 12.4. The average Bonchev–Trinajstić information content (AvgIpc) is 2.14. The molecule has 0 heterocycles. The molecule has 2 heteroatoms. The summed E-state index contributed by atoms with van der Waals surface area (Å²) in [5, 5.41) is 0. The van der Waals surface area contributed by atoms with E-state index in [1.165, 1.54) is 0 Å². The van der Waals surface area contributed by atoms with E-state index < -0.39 is 0 Å². The van der Waals surface area contributed by atoms with E-state index in [9.17, 15) is 0 Å². The van der Waals surface area contributed by atoms with Crippen molar-refractivity contribution < 1.29 is 4.84 Å². The van der Waals surface area contributed by atoms with E-state index in [1.54, 1.807) is 0 Å². The van der Waals surface area contributed by atoms with Gasteiger partial charge in [-0.05, 0) is 31.4 Å². The second-order valence-electron chi connectivity index (χ2n) is 2.82. The van der Waals surface area contributed by atoms with E-state index in [4.69, 9.17) is 4.84 Å². The molecule has 0 spiro atoms. The van der Waals surface area contributed by atoms with Crippen LogP contribution in [0.3, 0.4) is 0 Å². The molecular formula is C11H21NO. The summed E-state index contributed by atoms with van der Waals surface area (Å²) in [5.41, 5.74) is 2.91. The van der Waals surface area contributed by atoms with Crippen molar-refractivity contribution in [2.75, 3.05) is 6.54 Å². The van der Waals surface area contributed by atoms with Crippen LogP contribution in [0.1, 0.15) is 40.0 Å². The molecule has 0 aromatic rings. The lowest BCUT2D eigenvalue weighted by atomic mass is 10.3. The van der Waals surface area contributed by atoms with E-state index in [1.807, 2.05) is 6.08 Å².